The number of nitrogens with zero attached hydrogens (tertiary/aromatic N) is 2. The van der Waals surface area contributed by atoms with Crippen molar-refractivity contribution in [1.29, 1.82) is 0 Å². The lowest BCUT2D eigenvalue weighted by Gasteiger charge is -2.28. The maximum atomic E-state index is 13.3. The van der Waals surface area contributed by atoms with Crippen molar-refractivity contribution in [2.45, 2.75) is 77.2 Å². The van der Waals surface area contributed by atoms with Gasteiger partial charge in [0.25, 0.3) is 0 Å². The zero-order valence-corrected chi connectivity index (χ0v) is 24.6. The van der Waals surface area contributed by atoms with Crippen molar-refractivity contribution in [2.24, 2.45) is 0 Å². The molecule has 1 fully saturated rings. The summed E-state index contributed by atoms with van der Waals surface area (Å²) in [5.41, 5.74) is -0.0470. The number of likely N-dealkylation sites (tertiary alicyclic amines) is 1. The van der Waals surface area contributed by atoms with Crippen LogP contribution in [0, 0.1) is 0 Å². The van der Waals surface area contributed by atoms with Crippen LogP contribution in [0.25, 0.3) is 0 Å². The van der Waals surface area contributed by atoms with Crippen molar-refractivity contribution in [1.82, 2.24) is 15.4 Å². The van der Waals surface area contributed by atoms with E-state index in [2.05, 4.69) is 10.5 Å². The van der Waals surface area contributed by atoms with E-state index in [0.29, 0.717) is 37.4 Å². The van der Waals surface area contributed by atoms with Gasteiger partial charge in [-0.3, -0.25) is 9.59 Å². The molecule has 11 nitrogen and oxygen atoms in total. The van der Waals surface area contributed by atoms with E-state index in [9.17, 15) is 24.3 Å². The highest BCUT2D eigenvalue weighted by molar-refractivity contribution is 6.07. The van der Waals surface area contributed by atoms with Crippen molar-refractivity contribution in [3.05, 3.63) is 83.2 Å². The standard InChI is InChI=1S/C32H37N3O8/c1-4-21(2)42-31(40)32(30(38)39,33-22(3)36)19-26-18-27(34-43-26)28-11-8-16-35(28)29(37)17-23-12-14-25(15-13-23)41-20-24-9-6-5-7-10-24/h5-7,9-10,12-15,18,21,28H,4,8,11,16-17,19-20H2,1-3H3,(H,33,36)(H,38,39). The van der Waals surface area contributed by atoms with E-state index in [1.54, 1.807) is 18.7 Å². The van der Waals surface area contributed by atoms with Crippen LogP contribution >= 0.6 is 0 Å². The van der Waals surface area contributed by atoms with Gasteiger partial charge in [-0.1, -0.05) is 54.5 Å². The van der Waals surface area contributed by atoms with E-state index in [1.165, 1.54) is 6.07 Å². The summed E-state index contributed by atoms with van der Waals surface area (Å²) >= 11 is 0. The molecule has 43 heavy (non-hydrogen) atoms. The zero-order chi connectivity index (χ0) is 31.0. The molecule has 2 N–H and O–H groups in total. The first kappa shape index (κ1) is 31.3. The number of benzene rings is 2. The number of carbonyl (C=O) groups excluding carboxylic acids is 3. The van der Waals surface area contributed by atoms with Crippen LogP contribution in [0.2, 0.25) is 0 Å². The molecule has 11 heteroatoms. The van der Waals surface area contributed by atoms with Gasteiger partial charge in [0.15, 0.2) is 0 Å². The van der Waals surface area contributed by atoms with Crippen molar-refractivity contribution in [2.75, 3.05) is 6.54 Å². The Balaban J connectivity index is 1.43. The third-order valence-electron chi connectivity index (χ3n) is 7.44. The number of carboxylic acid groups (broad SMARTS) is 1. The predicted octanol–water partition coefficient (Wildman–Crippen LogP) is 4.00. The molecule has 3 unspecified atom stereocenters. The van der Waals surface area contributed by atoms with Gasteiger partial charge in [0.05, 0.1) is 25.0 Å². The largest absolute Gasteiger partial charge is 0.489 e. The minimum Gasteiger partial charge on any atom is -0.489 e. The smallest absolute Gasteiger partial charge is 0.344 e. The van der Waals surface area contributed by atoms with Gasteiger partial charge in [-0.15, -0.1) is 0 Å². The summed E-state index contributed by atoms with van der Waals surface area (Å²) in [4.78, 5) is 52.3. The van der Waals surface area contributed by atoms with E-state index in [-0.39, 0.29) is 24.1 Å². The minimum absolute atomic E-state index is 0.0673. The fourth-order valence-corrected chi connectivity index (χ4v) is 4.97. The van der Waals surface area contributed by atoms with Crippen molar-refractivity contribution >= 4 is 23.8 Å². The average Bonchev–Trinajstić information content (AvgIpc) is 3.66. The van der Waals surface area contributed by atoms with Crippen LogP contribution in [0.15, 0.2) is 65.2 Å². The number of amides is 2. The summed E-state index contributed by atoms with van der Waals surface area (Å²) in [6.07, 6.45) is 0.996. The normalized spacial score (nSPS) is 16.6. The summed E-state index contributed by atoms with van der Waals surface area (Å²) in [6.45, 7) is 5.52. The quantitative estimate of drug-likeness (QED) is 0.222. The Morgan fingerprint density at radius 1 is 1.12 bits per heavy atom. The van der Waals surface area contributed by atoms with Gasteiger partial charge in [-0.25, -0.2) is 9.59 Å². The molecule has 0 spiro atoms. The fourth-order valence-electron chi connectivity index (χ4n) is 4.97. The van der Waals surface area contributed by atoms with E-state index in [1.807, 2.05) is 54.6 Å². The molecule has 4 rings (SSSR count). The molecule has 3 aromatic rings. The minimum atomic E-state index is -2.39. The molecule has 0 bridgehead atoms. The highest BCUT2D eigenvalue weighted by Gasteiger charge is 2.50. The van der Waals surface area contributed by atoms with E-state index in [4.69, 9.17) is 14.0 Å². The van der Waals surface area contributed by atoms with Crippen molar-refractivity contribution in [3.8, 4) is 5.75 Å². The monoisotopic (exact) mass is 591 g/mol. The van der Waals surface area contributed by atoms with Crippen LogP contribution in [0.4, 0.5) is 0 Å². The topological polar surface area (TPSA) is 148 Å². The third-order valence-corrected chi connectivity index (χ3v) is 7.44. The Kier molecular flexibility index (Phi) is 10.2. The van der Waals surface area contributed by atoms with Crippen LogP contribution in [0.5, 0.6) is 5.75 Å². The lowest BCUT2D eigenvalue weighted by molar-refractivity contribution is -0.168. The van der Waals surface area contributed by atoms with Gasteiger partial charge < -0.3 is 29.3 Å². The molecule has 2 amide bonds. The summed E-state index contributed by atoms with van der Waals surface area (Å²) in [6, 6.07) is 18.4. The molecular weight excluding hydrogens is 554 g/mol. The summed E-state index contributed by atoms with van der Waals surface area (Å²) < 4.78 is 16.6. The van der Waals surface area contributed by atoms with Crippen LogP contribution in [-0.2, 0) is 43.4 Å². The van der Waals surface area contributed by atoms with E-state index < -0.39 is 35.9 Å². The number of hydrogen-bond donors (Lipinski definition) is 2. The van der Waals surface area contributed by atoms with Crippen LogP contribution in [0.1, 0.15) is 68.7 Å². The van der Waals surface area contributed by atoms with Gasteiger partial charge in [-0.2, -0.15) is 0 Å². The molecule has 1 aliphatic rings. The molecular formula is C32H37N3O8. The van der Waals surface area contributed by atoms with E-state index >= 15 is 0 Å². The molecule has 3 atom stereocenters. The van der Waals surface area contributed by atoms with Gasteiger partial charge in [0.2, 0.25) is 17.4 Å². The molecule has 1 aliphatic heterocycles. The fraction of sp³-hybridized carbons (Fsp3) is 0.406. The summed E-state index contributed by atoms with van der Waals surface area (Å²) in [5, 5.41) is 16.4. The number of carbonyl (C=O) groups is 4. The molecule has 0 radical (unpaired) electrons. The maximum Gasteiger partial charge on any atom is 0.344 e. The summed E-state index contributed by atoms with van der Waals surface area (Å²) in [7, 11) is 0. The molecule has 1 aromatic heterocycles. The second-order valence-corrected chi connectivity index (χ2v) is 10.8. The number of rotatable bonds is 13. The zero-order valence-electron chi connectivity index (χ0n) is 24.6. The number of ether oxygens (including phenoxy) is 2. The van der Waals surface area contributed by atoms with Crippen LogP contribution in [0.3, 0.4) is 0 Å². The second kappa shape index (κ2) is 14.0. The highest BCUT2D eigenvalue weighted by Crippen LogP contribution is 2.33. The third kappa shape index (κ3) is 7.79. The maximum absolute atomic E-state index is 13.3. The Morgan fingerprint density at radius 3 is 2.49 bits per heavy atom. The molecule has 2 heterocycles. The molecule has 2 aromatic carbocycles. The molecule has 0 aliphatic carbocycles. The first-order valence-corrected chi connectivity index (χ1v) is 14.3. The predicted molar refractivity (Wildman–Crippen MR) is 155 cm³/mol. The lowest BCUT2D eigenvalue weighted by Crippen LogP contribution is -2.62. The average molecular weight is 592 g/mol. The van der Waals surface area contributed by atoms with Gasteiger partial charge in [0.1, 0.15) is 23.8 Å². The number of aliphatic carboxylic acids is 1. The second-order valence-electron chi connectivity index (χ2n) is 10.8. The first-order chi connectivity index (χ1) is 20.6. The van der Waals surface area contributed by atoms with Crippen molar-refractivity contribution < 1.29 is 38.3 Å². The lowest BCUT2D eigenvalue weighted by atomic mass is 9.93. The first-order valence-electron chi connectivity index (χ1n) is 14.3. The van der Waals surface area contributed by atoms with Gasteiger partial charge in [0, 0.05) is 19.5 Å². The number of esters is 1. The van der Waals surface area contributed by atoms with Gasteiger partial charge in [-0.05, 0) is 49.4 Å². The highest BCUT2D eigenvalue weighted by atomic mass is 16.5. The van der Waals surface area contributed by atoms with E-state index in [0.717, 1.165) is 24.5 Å². The number of hydrogen-bond acceptors (Lipinski definition) is 8. The van der Waals surface area contributed by atoms with Gasteiger partial charge >= 0.3 is 11.9 Å². The Morgan fingerprint density at radius 2 is 1.84 bits per heavy atom. The number of carboxylic acids is 1. The Hall–Kier alpha value is -4.67. The number of nitrogens with one attached hydrogen (secondary N) is 1. The molecule has 228 valence electrons. The Labute approximate surface area is 250 Å². The molecule has 1 saturated heterocycles. The SMILES string of the molecule is CCC(C)OC(=O)C(Cc1cc(C2CCCN2C(=O)Cc2ccc(OCc3ccccc3)cc2)no1)(NC(C)=O)C(=O)O. The number of aromatic nitrogens is 1. The Bertz CT molecular complexity index is 1420. The molecule has 0 saturated carbocycles. The summed E-state index contributed by atoms with van der Waals surface area (Å²) in [5.74, 6) is -2.71. The van der Waals surface area contributed by atoms with Crippen LogP contribution < -0.4 is 10.1 Å². The van der Waals surface area contributed by atoms with Crippen molar-refractivity contribution in [3.63, 3.8) is 0 Å². The van der Waals surface area contributed by atoms with Crippen LogP contribution in [-0.4, -0.2) is 57.1 Å².